The van der Waals surface area contributed by atoms with Crippen LogP contribution in [-0.4, -0.2) is 57.3 Å². The Bertz CT molecular complexity index is 565. The first-order chi connectivity index (χ1) is 9.92. The second-order valence-corrected chi connectivity index (χ2v) is 7.88. The molecule has 22 heavy (non-hydrogen) atoms. The van der Waals surface area contributed by atoms with Gasteiger partial charge in [0, 0.05) is 0 Å². The first-order valence-electron chi connectivity index (χ1n) is 6.88. The Kier molecular flexibility index (Phi) is 4.56. The molecule has 0 unspecified atom stereocenters. The van der Waals surface area contributed by atoms with Crippen LogP contribution in [0.15, 0.2) is 0 Å². The fourth-order valence-electron chi connectivity index (χ4n) is 2.54. The highest BCUT2D eigenvalue weighted by Gasteiger charge is 2.52. The van der Waals surface area contributed by atoms with Crippen LogP contribution in [0.4, 0.5) is 0 Å². The van der Waals surface area contributed by atoms with Crippen LogP contribution in [0.3, 0.4) is 0 Å². The van der Waals surface area contributed by atoms with Crippen LogP contribution in [0.25, 0.3) is 0 Å². The fraction of sp³-hybridized carbons (Fsp3) is 0.923. The van der Waals surface area contributed by atoms with Crippen LogP contribution in [0, 0.1) is 11.3 Å². The van der Waals surface area contributed by atoms with Gasteiger partial charge in [-0.3, -0.25) is 4.18 Å². The summed E-state index contributed by atoms with van der Waals surface area (Å²) in [6.45, 7) is 6.84. The van der Waals surface area contributed by atoms with Gasteiger partial charge in [0.15, 0.2) is 17.7 Å². The Balaban J connectivity index is 2.27. The van der Waals surface area contributed by atoms with Crippen molar-refractivity contribution in [3.8, 4) is 6.07 Å². The van der Waals surface area contributed by atoms with Gasteiger partial charge < -0.3 is 18.9 Å². The van der Waals surface area contributed by atoms with Gasteiger partial charge in [0.1, 0.15) is 18.3 Å². The molecule has 2 heterocycles. The van der Waals surface area contributed by atoms with Gasteiger partial charge in [0.05, 0.1) is 18.9 Å². The van der Waals surface area contributed by atoms with E-state index >= 15 is 0 Å². The number of hydrogen-bond donors (Lipinski definition) is 0. The molecule has 2 rings (SSSR count). The van der Waals surface area contributed by atoms with Crippen molar-refractivity contribution in [2.75, 3.05) is 12.9 Å². The minimum atomic E-state index is -3.78. The molecule has 0 N–H and O–H groups in total. The summed E-state index contributed by atoms with van der Waals surface area (Å²) in [5.41, 5.74) is 0. The Labute approximate surface area is 130 Å². The SMILES string of the molecule is CC1(C)O[C@@H]([C@H](OS(C)(=O)=O)[C@H]2COC(C)(C)O2)[C@@H](C#N)O1. The first kappa shape index (κ1) is 17.6. The van der Waals surface area contributed by atoms with Crippen molar-refractivity contribution in [2.45, 2.75) is 63.7 Å². The average Bonchev–Trinajstić information content (AvgIpc) is 2.84. The molecule has 2 fully saturated rings. The smallest absolute Gasteiger partial charge is 0.264 e. The van der Waals surface area contributed by atoms with Crippen molar-refractivity contribution < 1.29 is 31.5 Å². The lowest BCUT2D eigenvalue weighted by Gasteiger charge is -2.28. The highest BCUT2D eigenvalue weighted by molar-refractivity contribution is 7.86. The second kappa shape index (κ2) is 5.70. The maximum atomic E-state index is 11.6. The van der Waals surface area contributed by atoms with Crippen molar-refractivity contribution >= 4 is 10.1 Å². The summed E-state index contributed by atoms with van der Waals surface area (Å²) >= 11 is 0. The Morgan fingerprint density at radius 3 is 2.27 bits per heavy atom. The zero-order chi connectivity index (χ0) is 16.8. The molecule has 0 saturated carbocycles. The van der Waals surface area contributed by atoms with E-state index in [-0.39, 0.29) is 6.61 Å². The standard InChI is InChI=1S/C13H21NO7S/c1-12(2)17-7-9(19-12)11(21-22(5,15)16)10-8(6-14)18-13(3,4)20-10/h8-11H,7H2,1-5H3/t8-,9-,10-,11-/m1/s1. The largest absolute Gasteiger partial charge is 0.348 e. The molecule has 2 aliphatic rings. The molecule has 0 aromatic heterocycles. The molecule has 0 aliphatic carbocycles. The zero-order valence-electron chi connectivity index (χ0n) is 13.2. The molecular formula is C13H21NO7S. The van der Waals surface area contributed by atoms with E-state index in [0.29, 0.717) is 0 Å². The van der Waals surface area contributed by atoms with Crippen molar-refractivity contribution in [3.05, 3.63) is 0 Å². The molecule has 0 aromatic carbocycles. The predicted octanol–water partition coefficient (Wildman–Crippen LogP) is 0.526. The van der Waals surface area contributed by atoms with Gasteiger partial charge in [0.2, 0.25) is 0 Å². The van der Waals surface area contributed by atoms with Crippen molar-refractivity contribution in [1.29, 1.82) is 5.26 Å². The summed E-state index contributed by atoms with van der Waals surface area (Å²) < 4.78 is 50.5. The lowest BCUT2D eigenvalue weighted by atomic mass is 10.0. The maximum absolute atomic E-state index is 11.6. The van der Waals surface area contributed by atoms with E-state index in [9.17, 15) is 13.7 Å². The van der Waals surface area contributed by atoms with Crippen molar-refractivity contribution in [2.24, 2.45) is 0 Å². The van der Waals surface area contributed by atoms with Gasteiger partial charge in [-0.1, -0.05) is 0 Å². The molecule has 0 spiro atoms. The third-order valence-electron chi connectivity index (χ3n) is 3.26. The van der Waals surface area contributed by atoms with Crippen LogP contribution in [0.1, 0.15) is 27.7 Å². The number of nitriles is 1. The number of rotatable bonds is 4. The number of hydrogen-bond acceptors (Lipinski definition) is 8. The van der Waals surface area contributed by atoms with Gasteiger partial charge in [0.25, 0.3) is 10.1 Å². The molecule has 0 aromatic rings. The summed E-state index contributed by atoms with van der Waals surface area (Å²) in [6, 6.07) is 1.96. The van der Waals surface area contributed by atoms with Crippen LogP contribution in [-0.2, 0) is 33.2 Å². The Morgan fingerprint density at radius 2 is 1.82 bits per heavy atom. The zero-order valence-corrected chi connectivity index (χ0v) is 14.0. The highest BCUT2D eigenvalue weighted by atomic mass is 32.2. The van der Waals surface area contributed by atoms with E-state index < -0.39 is 46.1 Å². The van der Waals surface area contributed by atoms with Gasteiger partial charge >= 0.3 is 0 Å². The first-order valence-corrected chi connectivity index (χ1v) is 8.69. The minimum absolute atomic E-state index is 0.131. The summed E-state index contributed by atoms with van der Waals surface area (Å²) in [6.07, 6.45) is -2.67. The molecule has 4 atom stereocenters. The normalized spacial score (nSPS) is 35.2. The maximum Gasteiger partial charge on any atom is 0.264 e. The van der Waals surface area contributed by atoms with Crippen LogP contribution in [0.5, 0.6) is 0 Å². The topological polar surface area (TPSA) is 104 Å². The summed E-state index contributed by atoms with van der Waals surface area (Å²) in [5, 5.41) is 9.23. The Hall–Kier alpha value is -0.760. The summed E-state index contributed by atoms with van der Waals surface area (Å²) in [5.74, 6) is -1.87. The number of ether oxygens (including phenoxy) is 4. The van der Waals surface area contributed by atoms with Crippen LogP contribution < -0.4 is 0 Å². The van der Waals surface area contributed by atoms with Crippen molar-refractivity contribution in [3.63, 3.8) is 0 Å². The van der Waals surface area contributed by atoms with E-state index in [2.05, 4.69) is 0 Å². The molecule has 0 radical (unpaired) electrons. The van der Waals surface area contributed by atoms with E-state index in [1.807, 2.05) is 6.07 Å². The van der Waals surface area contributed by atoms with E-state index in [0.717, 1.165) is 6.26 Å². The second-order valence-electron chi connectivity index (χ2n) is 6.28. The summed E-state index contributed by atoms with van der Waals surface area (Å²) in [4.78, 5) is 0. The molecule has 0 bridgehead atoms. The van der Waals surface area contributed by atoms with Crippen LogP contribution >= 0.6 is 0 Å². The summed E-state index contributed by atoms with van der Waals surface area (Å²) in [7, 11) is -3.78. The fourth-order valence-corrected chi connectivity index (χ4v) is 3.17. The average molecular weight is 335 g/mol. The molecular weight excluding hydrogens is 314 g/mol. The lowest BCUT2D eigenvalue weighted by molar-refractivity contribution is -0.174. The predicted molar refractivity (Wildman–Crippen MR) is 74.1 cm³/mol. The Morgan fingerprint density at radius 1 is 1.18 bits per heavy atom. The third kappa shape index (κ3) is 4.16. The molecule has 9 heteroatoms. The third-order valence-corrected chi connectivity index (χ3v) is 3.83. The molecule has 2 saturated heterocycles. The monoisotopic (exact) mass is 335 g/mol. The van der Waals surface area contributed by atoms with E-state index in [1.54, 1.807) is 27.7 Å². The molecule has 8 nitrogen and oxygen atoms in total. The van der Waals surface area contributed by atoms with Gasteiger partial charge in [-0.25, -0.2) is 0 Å². The molecule has 2 aliphatic heterocycles. The van der Waals surface area contributed by atoms with Gasteiger partial charge in [-0.05, 0) is 27.7 Å². The van der Waals surface area contributed by atoms with Gasteiger partial charge in [-0.2, -0.15) is 13.7 Å². The van der Waals surface area contributed by atoms with Gasteiger partial charge in [-0.15, -0.1) is 0 Å². The molecule has 126 valence electrons. The quantitative estimate of drug-likeness (QED) is 0.685. The van der Waals surface area contributed by atoms with E-state index in [1.165, 1.54) is 0 Å². The van der Waals surface area contributed by atoms with E-state index in [4.69, 9.17) is 23.1 Å². The number of nitrogens with zero attached hydrogens (tertiary/aromatic N) is 1. The van der Waals surface area contributed by atoms with Crippen LogP contribution in [0.2, 0.25) is 0 Å². The molecule has 0 amide bonds. The highest BCUT2D eigenvalue weighted by Crippen LogP contribution is 2.35. The minimum Gasteiger partial charge on any atom is -0.348 e. The van der Waals surface area contributed by atoms with Crippen molar-refractivity contribution in [1.82, 2.24) is 0 Å². The lowest BCUT2D eigenvalue weighted by Crippen LogP contribution is -2.47.